The van der Waals surface area contributed by atoms with E-state index in [0.717, 1.165) is 5.56 Å². The van der Waals surface area contributed by atoms with Crippen molar-refractivity contribution in [3.8, 4) is 0 Å². The van der Waals surface area contributed by atoms with Gasteiger partial charge in [0.2, 0.25) is 5.91 Å². The summed E-state index contributed by atoms with van der Waals surface area (Å²) in [5.74, 6) is 0.0499. The molecule has 1 aliphatic heterocycles. The number of carbonyl (C=O) groups is 1. The molecule has 0 bridgehead atoms. The number of hydrogen-bond acceptors (Lipinski definition) is 2. The Labute approximate surface area is 187 Å². The standard InChI is InChI=1S/C28H35NO2/c1-20-17-23-24(28(4,5)14-13-27(23,2)3)18-22(20)25-19-31-16-15-29(25)26(30)12-11-21-9-7-6-8-10-21/h6-12,17-18,25H,13-16,19H2,1-5H3. The molecule has 1 atom stereocenters. The maximum atomic E-state index is 13.2. The lowest BCUT2D eigenvalue weighted by Crippen LogP contribution is -2.43. The highest BCUT2D eigenvalue weighted by atomic mass is 16.5. The van der Waals surface area contributed by atoms with Gasteiger partial charge in [0, 0.05) is 12.6 Å². The minimum atomic E-state index is -0.0483. The van der Waals surface area contributed by atoms with E-state index in [0.29, 0.717) is 19.8 Å². The minimum absolute atomic E-state index is 0.0483. The first-order chi connectivity index (χ1) is 14.7. The number of benzene rings is 2. The van der Waals surface area contributed by atoms with Crippen LogP contribution in [0.2, 0.25) is 0 Å². The third kappa shape index (κ3) is 4.34. The second kappa shape index (κ2) is 8.27. The summed E-state index contributed by atoms with van der Waals surface area (Å²) in [6, 6.07) is 14.7. The van der Waals surface area contributed by atoms with Crippen LogP contribution in [-0.2, 0) is 20.4 Å². The van der Waals surface area contributed by atoms with Crippen LogP contribution in [0, 0.1) is 6.92 Å². The largest absolute Gasteiger partial charge is 0.377 e. The Kier molecular flexibility index (Phi) is 5.83. The zero-order chi connectivity index (χ0) is 22.2. The molecule has 164 valence electrons. The number of ether oxygens (including phenoxy) is 1. The van der Waals surface area contributed by atoms with Gasteiger partial charge in [0.05, 0.1) is 19.3 Å². The van der Waals surface area contributed by atoms with Gasteiger partial charge in [-0.1, -0.05) is 70.2 Å². The lowest BCUT2D eigenvalue weighted by atomic mass is 9.62. The molecule has 31 heavy (non-hydrogen) atoms. The zero-order valence-corrected chi connectivity index (χ0v) is 19.6. The first-order valence-corrected chi connectivity index (χ1v) is 11.5. The van der Waals surface area contributed by atoms with E-state index in [4.69, 9.17) is 4.74 Å². The van der Waals surface area contributed by atoms with E-state index < -0.39 is 0 Å². The van der Waals surface area contributed by atoms with Crippen LogP contribution in [0.1, 0.15) is 74.4 Å². The van der Waals surface area contributed by atoms with Crippen LogP contribution in [0.5, 0.6) is 0 Å². The van der Waals surface area contributed by atoms with Crippen molar-refractivity contribution in [3.05, 3.63) is 76.4 Å². The third-order valence-electron chi connectivity index (χ3n) is 7.23. The summed E-state index contributed by atoms with van der Waals surface area (Å²) in [5.41, 5.74) is 6.74. The Morgan fingerprint density at radius 2 is 1.68 bits per heavy atom. The Bertz CT molecular complexity index is 988. The first-order valence-electron chi connectivity index (χ1n) is 11.5. The average Bonchev–Trinajstić information content (AvgIpc) is 2.76. The normalized spacial score (nSPS) is 22.4. The summed E-state index contributed by atoms with van der Waals surface area (Å²) in [4.78, 5) is 15.2. The topological polar surface area (TPSA) is 29.5 Å². The summed E-state index contributed by atoms with van der Waals surface area (Å²) < 4.78 is 5.85. The van der Waals surface area contributed by atoms with Gasteiger partial charge in [-0.3, -0.25) is 4.79 Å². The number of hydrogen-bond donors (Lipinski definition) is 0. The molecule has 0 spiro atoms. The molecule has 1 heterocycles. The number of fused-ring (bicyclic) bond motifs is 1. The quantitative estimate of drug-likeness (QED) is 0.577. The van der Waals surface area contributed by atoms with Gasteiger partial charge in [0.25, 0.3) is 0 Å². The van der Waals surface area contributed by atoms with Gasteiger partial charge in [-0.2, -0.15) is 0 Å². The van der Waals surface area contributed by atoms with Crippen LogP contribution in [-0.4, -0.2) is 30.6 Å². The highest BCUT2D eigenvalue weighted by Gasteiger charge is 2.39. The van der Waals surface area contributed by atoms with Crippen LogP contribution < -0.4 is 0 Å². The van der Waals surface area contributed by atoms with Crippen LogP contribution in [0.3, 0.4) is 0 Å². The molecule has 0 aromatic heterocycles. The van der Waals surface area contributed by atoms with E-state index in [1.54, 1.807) is 6.08 Å². The van der Waals surface area contributed by atoms with E-state index in [-0.39, 0.29) is 22.8 Å². The van der Waals surface area contributed by atoms with Crippen molar-refractivity contribution < 1.29 is 9.53 Å². The average molecular weight is 418 g/mol. The summed E-state index contributed by atoms with van der Waals surface area (Å²) >= 11 is 0. The van der Waals surface area contributed by atoms with Gasteiger partial charge in [-0.15, -0.1) is 0 Å². The smallest absolute Gasteiger partial charge is 0.247 e. The highest BCUT2D eigenvalue weighted by molar-refractivity contribution is 5.92. The molecule has 1 amide bonds. The van der Waals surface area contributed by atoms with E-state index in [1.807, 2.05) is 41.3 Å². The Morgan fingerprint density at radius 3 is 2.35 bits per heavy atom. The first kappa shape index (κ1) is 21.8. The summed E-state index contributed by atoms with van der Waals surface area (Å²) in [5, 5.41) is 0. The molecule has 2 aliphatic rings. The van der Waals surface area contributed by atoms with Gasteiger partial charge in [-0.25, -0.2) is 0 Å². The predicted octanol–water partition coefficient (Wildman–Crippen LogP) is 5.96. The van der Waals surface area contributed by atoms with Crippen molar-refractivity contribution in [2.24, 2.45) is 0 Å². The van der Waals surface area contributed by atoms with Crippen molar-refractivity contribution in [1.29, 1.82) is 0 Å². The van der Waals surface area contributed by atoms with Gasteiger partial charge in [0.15, 0.2) is 0 Å². The maximum absolute atomic E-state index is 13.2. The SMILES string of the molecule is Cc1cc2c(cc1C1COCCN1C(=O)C=Cc1ccccc1)C(C)(C)CCC2(C)C. The summed E-state index contributed by atoms with van der Waals surface area (Å²) in [6.07, 6.45) is 5.99. The molecule has 3 nitrogen and oxygen atoms in total. The van der Waals surface area contributed by atoms with Crippen molar-refractivity contribution >= 4 is 12.0 Å². The van der Waals surface area contributed by atoms with Gasteiger partial charge < -0.3 is 9.64 Å². The molecule has 0 radical (unpaired) electrons. The van der Waals surface area contributed by atoms with Gasteiger partial charge in [-0.05, 0) is 64.5 Å². The number of rotatable bonds is 3. The molecular formula is C28H35NO2. The Morgan fingerprint density at radius 1 is 1.03 bits per heavy atom. The van der Waals surface area contributed by atoms with Crippen molar-refractivity contribution in [2.45, 2.75) is 64.3 Å². The molecule has 0 N–H and O–H groups in total. The molecule has 2 aromatic carbocycles. The molecule has 1 fully saturated rings. The van der Waals surface area contributed by atoms with Crippen LogP contribution in [0.25, 0.3) is 6.08 Å². The highest BCUT2D eigenvalue weighted by Crippen LogP contribution is 2.47. The van der Waals surface area contributed by atoms with E-state index in [2.05, 4.69) is 46.8 Å². The third-order valence-corrected chi connectivity index (χ3v) is 7.23. The fourth-order valence-corrected chi connectivity index (χ4v) is 5.05. The Balaban J connectivity index is 1.69. The molecular weight excluding hydrogens is 382 g/mol. The van der Waals surface area contributed by atoms with Crippen LogP contribution in [0.4, 0.5) is 0 Å². The molecule has 1 unspecified atom stereocenters. The Hall–Kier alpha value is -2.39. The molecule has 2 aromatic rings. The maximum Gasteiger partial charge on any atom is 0.247 e. The number of morpholine rings is 1. The van der Waals surface area contributed by atoms with Crippen LogP contribution >= 0.6 is 0 Å². The molecule has 3 heteroatoms. The summed E-state index contributed by atoms with van der Waals surface area (Å²) in [7, 11) is 0. The predicted molar refractivity (Wildman–Crippen MR) is 127 cm³/mol. The fourth-order valence-electron chi connectivity index (χ4n) is 5.05. The second-order valence-corrected chi connectivity index (χ2v) is 10.4. The van der Waals surface area contributed by atoms with Gasteiger partial charge >= 0.3 is 0 Å². The number of carbonyl (C=O) groups excluding carboxylic acids is 1. The zero-order valence-electron chi connectivity index (χ0n) is 19.6. The van der Waals surface area contributed by atoms with Crippen molar-refractivity contribution in [3.63, 3.8) is 0 Å². The lowest BCUT2D eigenvalue weighted by molar-refractivity contribution is -0.134. The molecule has 4 rings (SSSR count). The van der Waals surface area contributed by atoms with Crippen molar-refractivity contribution in [2.75, 3.05) is 19.8 Å². The summed E-state index contributed by atoms with van der Waals surface area (Å²) in [6.45, 7) is 13.4. The molecule has 1 aliphatic carbocycles. The van der Waals surface area contributed by atoms with Crippen LogP contribution in [0.15, 0.2) is 48.5 Å². The number of nitrogens with zero attached hydrogens (tertiary/aromatic N) is 1. The van der Waals surface area contributed by atoms with E-state index in [9.17, 15) is 4.79 Å². The molecule has 1 saturated heterocycles. The monoisotopic (exact) mass is 417 g/mol. The number of aryl methyl sites for hydroxylation is 1. The lowest BCUT2D eigenvalue weighted by Gasteiger charge is -2.43. The van der Waals surface area contributed by atoms with E-state index >= 15 is 0 Å². The van der Waals surface area contributed by atoms with Gasteiger partial charge in [0.1, 0.15) is 0 Å². The number of amides is 1. The minimum Gasteiger partial charge on any atom is -0.377 e. The molecule has 0 saturated carbocycles. The second-order valence-electron chi connectivity index (χ2n) is 10.4. The van der Waals surface area contributed by atoms with E-state index in [1.165, 1.54) is 35.1 Å². The van der Waals surface area contributed by atoms with Crippen molar-refractivity contribution in [1.82, 2.24) is 4.90 Å². The fraction of sp³-hybridized carbons (Fsp3) is 0.464.